The third-order valence-electron chi connectivity index (χ3n) is 5.01. The van der Waals surface area contributed by atoms with Gasteiger partial charge in [-0.2, -0.15) is 4.98 Å². The van der Waals surface area contributed by atoms with Gasteiger partial charge in [0.1, 0.15) is 0 Å². The Morgan fingerprint density at radius 1 is 1.00 bits per heavy atom. The molecular formula is C24H24N4O2S. The first kappa shape index (κ1) is 20.9. The maximum atomic E-state index is 13.4. The largest absolute Gasteiger partial charge is 0.339 e. The molecular weight excluding hydrogens is 408 g/mol. The van der Waals surface area contributed by atoms with Crippen LogP contribution in [0.2, 0.25) is 0 Å². The average molecular weight is 433 g/mol. The number of anilines is 2. The van der Waals surface area contributed by atoms with Gasteiger partial charge in [0.25, 0.3) is 0 Å². The van der Waals surface area contributed by atoms with Gasteiger partial charge in [-0.05, 0) is 44.9 Å². The van der Waals surface area contributed by atoms with Gasteiger partial charge in [-0.25, -0.2) is 4.98 Å². The van der Waals surface area contributed by atoms with Crippen molar-refractivity contribution < 1.29 is 9.32 Å². The summed E-state index contributed by atoms with van der Waals surface area (Å²) in [7, 11) is 0. The van der Waals surface area contributed by atoms with E-state index in [4.69, 9.17) is 9.51 Å². The number of amides is 1. The normalized spacial score (nSPS) is 11.0. The van der Waals surface area contributed by atoms with Crippen LogP contribution >= 0.6 is 11.3 Å². The van der Waals surface area contributed by atoms with Gasteiger partial charge in [0.2, 0.25) is 11.8 Å². The Morgan fingerprint density at radius 2 is 1.74 bits per heavy atom. The minimum Gasteiger partial charge on any atom is -0.339 e. The van der Waals surface area contributed by atoms with Crippen molar-refractivity contribution in [2.24, 2.45) is 0 Å². The minimum absolute atomic E-state index is 0.0608. The molecule has 0 fully saturated rings. The first-order chi connectivity index (χ1) is 14.9. The fraction of sp³-hybridized carbons (Fsp3) is 0.250. The molecule has 0 aliphatic carbocycles. The first-order valence-electron chi connectivity index (χ1n) is 10.1. The molecule has 31 heavy (non-hydrogen) atoms. The molecule has 0 radical (unpaired) electrons. The maximum Gasteiger partial charge on any atom is 0.233 e. The lowest BCUT2D eigenvalue weighted by Crippen LogP contribution is -2.27. The lowest BCUT2D eigenvalue weighted by atomic mass is 10.1. The molecule has 6 nitrogen and oxygen atoms in total. The lowest BCUT2D eigenvalue weighted by molar-refractivity contribution is -0.118. The van der Waals surface area contributed by atoms with Crippen molar-refractivity contribution in [1.82, 2.24) is 15.1 Å². The number of thiazole rings is 1. The van der Waals surface area contributed by atoms with Crippen molar-refractivity contribution in [3.63, 3.8) is 0 Å². The van der Waals surface area contributed by atoms with Crippen LogP contribution in [0.4, 0.5) is 10.8 Å². The summed E-state index contributed by atoms with van der Waals surface area (Å²) in [5.41, 5.74) is 6.03. The van der Waals surface area contributed by atoms with Crippen LogP contribution in [0.3, 0.4) is 0 Å². The van der Waals surface area contributed by atoms with Gasteiger partial charge in [0.05, 0.1) is 11.4 Å². The molecule has 0 unspecified atom stereocenters. The van der Waals surface area contributed by atoms with E-state index in [1.54, 1.807) is 11.8 Å². The number of carbonyl (C=O) groups excluding carboxylic acids is 1. The zero-order chi connectivity index (χ0) is 22.0. The van der Waals surface area contributed by atoms with Gasteiger partial charge in [-0.15, -0.1) is 11.3 Å². The third-order valence-corrected chi connectivity index (χ3v) is 5.83. The quantitative estimate of drug-likeness (QED) is 0.389. The predicted molar refractivity (Wildman–Crippen MR) is 123 cm³/mol. The molecule has 2 aromatic carbocycles. The van der Waals surface area contributed by atoms with Crippen LogP contribution in [0, 0.1) is 27.7 Å². The second-order valence-electron chi connectivity index (χ2n) is 7.64. The predicted octanol–water partition coefficient (Wildman–Crippen LogP) is 5.72. The van der Waals surface area contributed by atoms with E-state index in [0.29, 0.717) is 23.3 Å². The number of carbonyl (C=O) groups is 1. The van der Waals surface area contributed by atoms with E-state index in [1.165, 1.54) is 16.9 Å². The van der Waals surface area contributed by atoms with Crippen molar-refractivity contribution in [3.8, 4) is 11.3 Å². The highest BCUT2D eigenvalue weighted by Gasteiger charge is 2.24. The first-order valence-corrected chi connectivity index (χ1v) is 11.0. The second kappa shape index (κ2) is 8.81. The molecule has 1 amide bonds. The fourth-order valence-corrected chi connectivity index (χ4v) is 4.16. The molecule has 0 spiro atoms. The zero-order valence-corrected chi connectivity index (χ0v) is 18.9. The summed E-state index contributed by atoms with van der Waals surface area (Å²) >= 11 is 1.46. The van der Waals surface area contributed by atoms with Gasteiger partial charge in [0.15, 0.2) is 11.0 Å². The molecule has 2 aromatic heterocycles. The van der Waals surface area contributed by atoms with E-state index >= 15 is 0 Å². The number of nitrogens with zero attached hydrogens (tertiary/aromatic N) is 4. The van der Waals surface area contributed by atoms with Gasteiger partial charge in [-0.1, -0.05) is 47.1 Å². The number of hydrogen-bond acceptors (Lipinski definition) is 6. The van der Waals surface area contributed by atoms with E-state index in [1.807, 2.05) is 37.4 Å². The van der Waals surface area contributed by atoms with Crippen LogP contribution in [0.1, 0.15) is 34.8 Å². The molecule has 0 saturated carbocycles. The summed E-state index contributed by atoms with van der Waals surface area (Å²) in [6.45, 7) is 7.85. The summed E-state index contributed by atoms with van der Waals surface area (Å²) < 4.78 is 5.18. The summed E-state index contributed by atoms with van der Waals surface area (Å²) in [5, 5.41) is 6.45. The zero-order valence-electron chi connectivity index (χ0n) is 18.0. The van der Waals surface area contributed by atoms with Crippen molar-refractivity contribution in [2.45, 2.75) is 40.5 Å². The molecule has 0 aliphatic rings. The Balaban J connectivity index is 1.67. The Kier molecular flexibility index (Phi) is 5.95. The highest BCUT2D eigenvalue weighted by Crippen LogP contribution is 2.35. The van der Waals surface area contributed by atoms with Crippen LogP contribution in [0.25, 0.3) is 11.3 Å². The highest BCUT2D eigenvalue weighted by atomic mass is 32.1. The molecule has 0 atom stereocenters. The molecule has 0 N–H and O–H groups in total. The van der Waals surface area contributed by atoms with Crippen molar-refractivity contribution in [3.05, 3.63) is 76.3 Å². The van der Waals surface area contributed by atoms with Crippen molar-refractivity contribution in [2.75, 3.05) is 4.90 Å². The number of benzene rings is 2. The number of hydrogen-bond donors (Lipinski definition) is 0. The summed E-state index contributed by atoms with van der Waals surface area (Å²) in [5.74, 6) is 0.970. The monoisotopic (exact) mass is 432 g/mol. The lowest BCUT2D eigenvalue weighted by Gasteiger charge is -2.22. The maximum absolute atomic E-state index is 13.4. The van der Waals surface area contributed by atoms with Crippen LogP contribution in [0.15, 0.2) is 52.4 Å². The number of rotatable bonds is 6. The van der Waals surface area contributed by atoms with Gasteiger partial charge in [-0.3, -0.25) is 9.69 Å². The molecule has 0 saturated heterocycles. The Bertz CT molecular complexity index is 1210. The van der Waals surface area contributed by atoms with Crippen LogP contribution < -0.4 is 4.90 Å². The topological polar surface area (TPSA) is 72.1 Å². The molecule has 2 heterocycles. The van der Waals surface area contributed by atoms with Gasteiger partial charge < -0.3 is 4.52 Å². The Labute approximate surface area is 185 Å². The fourth-order valence-electron chi connectivity index (χ4n) is 3.30. The Morgan fingerprint density at radius 3 is 2.45 bits per heavy atom. The van der Waals surface area contributed by atoms with E-state index in [9.17, 15) is 4.79 Å². The Hall–Kier alpha value is -3.32. The summed E-state index contributed by atoms with van der Waals surface area (Å²) in [6.07, 6.45) is 0.631. The van der Waals surface area contributed by atoms with E-state index in [2.05, 4.69) is 41.3 Å². The molecule has 4 rings (SSSR count). The average Bonchev–Trinajstić information content (AvgIpc) is 3.39. The van der Waals surface area contributed by atoms with Gasteiger partial charge in [0, 0.05) is 23.8 Å². The second-order valence-corrected chi connectivity index (χ2v) is 8.47. The summed E-state index contributed by atoms with van der Waals surface area (Å²) in [4.78, 5) is 24.1. The summed E-state index contributed by atoms with van der Waals surface area (Å²) in [6, 6.07) is 14.3. The SMILES string of the molecule is Cc1ccc(-c2csc(N(C(=O)CCc3nc(C)no3)c3cc(C)ccc3C)n2)cc1. The van der Waals surface area contributed by atoms with Crippen LogP contribution in [-0.4, -0.2) is 21.0 Å². The molecule has 0 bridgehead atoms. The molecule has 0 aliphatic heterocycles. The van der Waals surface area contributed by atoms with Crippen LogP contribution in [0.5, 0.6) is 0 Å². The van der Waals surface area contributed by atoms with Gasteiger partial charge >= 0.3 is 0 Å². The standard InChI is InChI=1S/C24H24N4O2S/c1-15-6-9-19(10-7-15)20-14-31-24(26-20)28(21-13-16(2)5-8-17(21)3)23(29)12-11-22-25-18(4)27-30-22/h5-10,13-14H,11-12H2,1-4H3. The van der Waals surface area contributed by atoms with E-state index in [0.717, 1.165) is 28.1 Å². The molecule has 4 aromatic rings. The van der Waals surface area contributed by atoms with Crippen molar-refractivity contribution >= 4 is 28.1 Å². The molecule has 7 heteroatoms. The number of aromatic nitrogens is 3. The van der Waals surface area contributed by atoms with Crippen LogP contribution in [-0.2, 0) is 11.2 Å². The van der Waals surface area contributed by atoms with E-state index < -0.39 is 0 Å². The molecule has 158 valence electrons. The van der Waals surface area contributed by atoms with Crippen molar-refractivity contribution in [1.29, 1.82) is 0 Å². The number of aryl methyl sites for hydroxylation is 5. The smallest absolute Gasteiger partial charge is 0.233 e. The third kappa shape index (κ3) is 4.72. The van der Waals surface area contributed by atoms with E-state index in [-0.39, 0.29) is 12.3 Å². The highest BCUT2D eigenvalue weighted by molar-refractivity contribution is 7.14. The minimum atomic E-state index is -0.0608.